The van der Waals surface area contributed by atoms with Crippen LogP contribution in [0.15, 0.2) is 18.3 Å². The fourth-order valence-electron chi connectivity index (χ4n) is 15.9. The van der Waals surface area contributed by atoms with Crippen LogP contribution in [-0.2, 0) is 25.3 Å². The Labute approximate surface area is 336 Å². The topological polar surface area (TPSA) is 113 Å². The van der Waals surface area contributed by atoms with Gasteiger partial charge in [-0.15, -0.1) is 0 Å². The Morgan fingerprint density at radius 1 is 0.877 bits per heavy atom. The fraction of sp³-hybridized carbons (Fsp3) is 0.826. The van der Waals surface area contributed by atoms with Crippen LogP contribution in [0.25, 0.3) is 0 Å². The predicted molar refractivity (Wildman–Crippen MR) is 209 cm³/mol. The van der Waals surface area contributed by atoms with Crippen LogP contribution in [0, 0.1) is 73.9 Å². The summed E-state index contributed by atoms with van der Waals surface area (Å²) in [6, 6.07) is -0.482. The van der Waals surface area contributed by atoms with Gasteiger partial charge in [0.15, 0.2) is 0 Å². The highest BCUT2D eigenvalue weighted by Crippen LogP contribution is 2.78. The summed E-state index contributed by atoms with van der Waals surface area (Å²) in [6.45, 7) is 23.1. The molecular formula is C46H66F3N3O5. The van der Waals surface area contributed by atoms with E-state index in [-0.39, 0.29) is 57.3 Å². The van der Waals surface area contributed by atoms with Crippen molar-refractivity contribution in [3.8, 4) is 0 Å². The van der Waals surface area contributed by atoms with Crippen LogP contribution in [0.1, 0.15) is 156 Å². The molecule has 0 aromatic carbocycles. The zero-order valence-corrected chi connectivity index (χ0v) is 35.5. The van der Waals surface area contributed by atoms with E-state index in [1.807, 2.05) is 18.7 Å². The van der Waals surface area contributed by atoms with E-state index in [9.17, 15) is 27.9 Å². The molecule has 13 atom stereocenters. The lowest BCUT2D eigenvalue weighted by molar-refractivity contribution is -0.251. The monoisotopic (exact) mass is 797 g/mol. The number of likely N-dealkylation sites (tertiary alicyclic amines) is 1. The van der Waals surface area contributed by atoms with Crippen LogP contribution < -0.4 is 0 Å². The molecule has 0 radical (unpaired) electrons. The van der Waals surface area contributed by atoms with E-state index in [0.717, 1.165) is 82.4 Å². The molecule has 7 fully saturated rings. The Kier molecular flexibility index (Phi) is 9.38. The Bertz CT molecular complexity index is 1840. The van der Waals surface area contributed by atoms with Gasteiger partial charge in [-0.3, -0.25) is 14.4 Å². The van der Waals surface area contributed by atoms with Crippen molar-refractivity contribution in [2.45, 2.75) is 157 Å². The van der Waals surface area contributed by atoms with Crippen LogP contribution in [0.5, 0.6) is 0 Å². The van der Waals surface area contributed by atoms with E-state index in [1.54, 1.807) is 0 Å². The number of aromatic nitrogens is 2. The van der Waals surface area contributed by atoms with Crippen LogP contribution in [0.2, 0.25) is 0 Å². The lowest BCUT2D eigenvalue weighted by atomic mass is 9.32. The number of carboxylic acid groups (broad SMARTS) is 1. The number of fused-ring (bicyclic) bond motifs is 7. The molecule has 1 saturated heterocycles. The van der Waals surface area contributed by atoms with Gasteiger partial charge in [0.1, 0.15) is 17.6 Å². The third-order valence-electron chi connectivity index (χ3n) is 19.3. The molecule has 316 valence electrons. The predicted octanol–water partition coefficient (Wildman–Crippen LogP) is 10.4. The third kappa shape index (κ3) is 5.63. The summed E-state index contributed by atoms with van der Waals surface area (Å²) in [6.07, 6.45) is 7.25. The smallest absolute Gasteiger partial charge is 0.432 e. The quantitative estimate of drug-likeness (QED) is 0.219. The molecule has 1 amide bonds. The maximum Gasteiger partial charge on any atom is 0.432 e. The number of ether oxygens (including phenoxy) is 1. The summed E-state index contributed by atoms with van der Waals surface area (Å²) in [5.41, 5.74) is -1.09. The van der Waals surface area contributed by atoms with E-state index >= 15 is 4.79 Å². The molecule has 1 aliphatic heterocycles. The van der Waals surface area contributed by atoms with E-state index in [4.69, 9.17) is 4.74 Å². The normalized spacial score (nSPS) is 44.5. The largest absolute Gasteiger partial charge is 0.481 e. The summed E-state index contributed by atoms with van der Waals surface area (Å²) >= 11 is 0. The van der Waals surface area contributed by atoms with Crippen LogP contribution in [-0.4, -0.2) is 50.5 Å². The molecule has 6 aliphatic carbocycles. The lowest BCUT2D eigenvalue weighted by Crippen LogP contribution is -2.67. The molecule has 2 N–H and O–H groups in total. The maximum absolute atomic E-state index is 15.2. The van der Waals surface area contributed by atoms with E-state index in [0.29, 0.717) is 37.1 Å². The molecule has 8 rings (SSSR count). The number of carboxylic acids is 1. The zero-order valence-electron chi connectivity index (χ0n) is 35.5. The van der Waals surface area contributed by atoms with Gasteiger partial charge < -0.3 is 19.7 Å². The van der Waals surface area contributed by atoms with Gasteiger partial charge in [-0.1, -0.05) is 60.6 Å². The number of nitrogens with one attached hydrogen (secondary N) is 1. The van der Waals surface area contributed by atoms with Crippen LogP contribution in [0.4, 0.5) is 13.2 Å². The molecule has 1 aromatic heterocycles. The average Bonchev–Trinajstić information content (AvgIpc) is 3.88. The average molecular weight is 798 g/mol. The zero-order chi connectivity index (χ0) is 41.5. The van der Waals surface area contributed by atoms with Gasteiger partial charge in [0.25, 0.3) is 0 Å². The van der Waals surface area contributed by atoms with E-state index in [1.165, 1.54) is 0 Å². The van der Waals surface area contributed by atoms with Crippen molar-refractivity contribution in [2.24, 2.45) is 73.9 Å². The molecule has 1 aromatic rings. The minimum absolute atomic E-state index is 0.00659. The van der Waals surface area contributed by atoms with Crippen molar-refractivity contribution in [3.05, 3.63) is 29.9 Å². The summed E-state index contributed by atoms with van der Waals surface area (Å²) in [7, 11) is 0. The highest BCUT2D eigenvalue weighted by Gasteiger charge is 2.72. The summed E-state index contributed by atoms with van der Waals surface area (Å²) in [4.78, 5) is 49.2. The van der Waals surface area contributed by atoms with Gasteiger partial charge in [-0.05, 0) is 142 Å². The second kappa shape index (κ2) is 13.1. The minimum Gasteiger partial charge on any atom is -0.481 e. The number of aliphatic carboxylic acids is 1. The molecule has 7 aliphatic rings. The number of hydrogen-bond acceptors (Lipinski definition) is 5. The molecule has 2 heterocycles. The number of nitrogens with zero attached hydrogens (tertiary/aromatic N) is 2. The van der Waals surface area contributed by atoms with Crippen molar-refractivity contribution in [1.29, 1.82) is 0 Å². The molecule has 0 spiro atoms. The van der Waals surface area contributed by atoms with Gasteiger partial charge in [0, 0.05) is 12.0 Å². The van der Waals surface area contributed by atoms with E-state index < -0.39 is 46.5 Å². The standard InChI is InChI=1S/C46H66F3N3O5/c1-25(2)26-14-19-45(39(56)52-22-10-11-30(52)36-50-24-33(51-36)46(47,48)49)21-20-43(8)27(35(26)45)12-13-32-42(7)17-16-34(41(5,6)31(42)15-18-44(32,43)9)57-38(55)29-23-28(37(53)54)40(29,3)4/h24,26-32,34-35H,1,10-23H2,2-9H3,(H,50,51)(H,53,54)/t26-,27+,28-,29+,30-,31-,32+,34-,35+,42-,43+,44?,45-/m0/s1. The summed E-state index contributed by atoms with van der Waals surface area (Å²) in [5.74, 6) is -0.146. The summed E-state index contributed by atoms with van der Waals surface area (Å²) < 4.78 is 47.2. The number of alkyl halides is 3. The van der Waals surface area contributed by atoms with Crippen molar-refractivity contribution >= 4 is 17.8 Å². The number of halogens is 3. The van der Waals surface area contributed by atoms with Gasteiger partial charge in [0.05, 0.1) is 29.5 Å². The SMILES string of the molecule is C=C(C)[C@@H]1CC[C@]2(C(=O)N3CCC[C@H]3c3ncc(C(F)(F)F)[nH]3)CC[C@]3(C)[C@H](CC[C@H]4C3(C)CC[C@H]3C(C)(C)[C@@H](OC(=O)[C@H]5C[C@@H](C(=O)O)C5(C)C)CC[C@@]34C)[C@@H]12. The Hall–Kier alpha value is -2.85. The number of esters is 1. The Balaban J connectivity index is 1.05. The lowest BCUT2D eigenvalue weighted by Gasteiger charge is -2.73. The Morgan fingerprint density at radius 2 is 1.60 bits per heavy atom. The van der Waals surface area contributed by atoms with Crippen LogP contribution in [0.3, 0.4) is 0 Å². The summed E-state index contributed by atoms with van der Waals surface area (Å²) in [5, 5.41) is 9.67. The van der Waals surface area contributed by atoms with Gasteiger partial charge in [-0.25, -0.2) is 4.98 Å². The first-order valence-electron chi connectivity index (χ1n) is 22.0. The third-order valence-corrected chi connectivity index (χ3v) is 19.3. The number of amides is 1. The minimum atomic E-state index is -4.52. The first-order valence-corrected chi connectivity index (χ1v) is 22.0. The van der Waals surface area contributed by atoms with Crippen molar-refractivity contribution in [1.82, 2.24) is 14.9 Å². The second-order valence-corrected chi connectivity index (χ2v) is 22.0. The molecule has 0 bridgehead atoms. The first kappa shape index (κ1) is 40.9. The number of rotatable bonds is 6. The molecule has 11 heteroatoms. The fourth-order valence-corrected chi connectivity index (χ4v) is 15.9. The number of imidazole rings is 1. The number of carbonyl (C=O) groups excluding carboxylic acids is 2. The maximum atomic E-state index is 15.2. The number of aromatic amines is 1. The first-order chi connectivity index (χ1) is 26.4. The van der Waals surface area contributed by atoms with Crippen molar-refractivity contribution in [3.63, 3.8) is 0 Å². The number of carbonyl (C=O) groups is 3. The van der Waals surface area contributed by atoms with Gasteiger partial charge in [-0.2, -0.15) is 13.2 Å². The highest BCUT2D eigenvalue weighted by atomic mass is 19.4. The number of hydrogen-bond donors (Lipinski definition) is 2. The van der Waals surface area contributed by atoms with Gasteiger partial charge >= 0.3 is 18.1 Å². The molecule has 8 nitrogen and oxygen atoms in total. The highest BCUT2D eigenvalue weighted by molar-refractivity contribution is 5.85. The second-order valence-electron chi connectivity index (χ2n) is 22.0. The molecular weight excluding hydrogens is 732 g/mol. The van der Waals surface area contributed by atoms with Crippen molar-refractivity contribution in [2.75, 3.05) is 6.54 Å². The molecule has 6 saturated carbocycles. The van der Waals surface area contributed by atoms with E-state index in [2.05, 4.69) is 58.1 Å². The molecule has 57 heavy (non-hydrogen) atoms. The van der Waals surface area contributed by atoms with Crippen LogP contribution >= 0.6 is 0 Å². The number of H-pyrrole nitrogens is 1. The Morgan fingerprint density at radius 3 is 2.23 bits per heavy atom. The number of allylic oxidation sites excluding steroid dienone is 1. The van der Waals surface area contributed by atoms with Crippen molar-refractivity contribution < 1.29 is 37.4 Å². The molecule has 1 unspecified atom stereocenters. The van der Waals surface area contributed by atoms with Gasteiger partial charge in [0.2, 0.25) is 5.91 Å².